The van der Waals surface area contributed by atoms with Crippen LogP contribution in [0.5, 0.6) is 0 Å². The van der Waals surface area contributed by atoms with Crippen molar-refractivity contribution in [1.29, 1.82) is 0 Å². The first kappa shape index (κ1) is 19.4. The lowest BCUT2D eigenvalue weighted by Crippen LogP contribution is -2.48. The smallest absolute Gasteiger partial charge is 0.409 e. The lowest BCUT2D eigenvalue weighted by molar-refractivity contribution is -0.0426. The molecule has 1 aromatic rings. The van der Waals surface area contributed by atoms with E-state index in [2.05, 4.69) is 9.93 Å². The summed E-state index contributed by atoms with van der Waals surface area (Å²) in [6.07, 6.45) is 4.06. The van der Waals surface area contributed by atoms with Crippen molar-refractivity contribution in [3.05, 3.63) is 42.0 Å². The third-order valence-electron chi connectivity index (χ3n) is 4.59. The molecule has 1 N–H and O–H groups in total. The van der Waals surface area contributed by atoms with Crippen molar-refractivity contribution in [2.45, 2.75) is 36.4 Å². The normalized spacial score (nSPS) is 25.4. The maximum Gasteiger partial charge on any atom is 0.409 e. The van der Waals surface area contributed by atoms with E-state index in [1.54, 1.807) is 31.3 Å². The van der Waals surface area contributed by atoms with Gasteiger partial charge in [0.1, 0.15) is 5.60 Å². The number of hydrogen-bond donors (Lipinski definition) is 1. The molecular weight excluding hydrogens is 370 g/mol. The molecule has 2 bridgehead atoms. The Hall–Kier alpha value is -2.39. The second-order valence-electron chi connectivity index (χ2n) is 6.87. The highest BCUT2D eigenvalue weighted by atomic mass is 32.2. The van der Waals surface area contributed by atoms with E-state index in [1.165, 1.54) is 12.0 Å². The molecule has 146 valence electrons. The van der Waals surface area contributed by atoms with Crippen LogP contribution in [0.4, 0.5) is 4.79 Å². The summed E-state index contributed by atoms with van der Waals surface area (Å²) in [4.78, 5) is 15.6. The Balaban J connectivity index is 1.72. The molecule has 2 aliphatic heterocycles. The fourth-order valence-corrected chi connectivity index (χ4v) is 4.12. The van der Waals surface area contributed by atoms with Crippen LogP contribution >= 0.6 is 0 Å². The fraction of sp³-hybridized carbons (Fsp3) is 0.444. The SMILES string of the molecule is COC(=O)N(C)CC12C=CC(C/C(=N/NS(=O)(=O)c3ccc(C)cc3)C1)O2. The predicted octanol–water partition coefficient (Wildman–Crippen LogP) is 1.82. The van der Waals surface area contributed by atoms with Crippen LogP contribution in [0, 0.1) is 6.92 Å². The maximum atomic E-state index is 12.4. The van der Waals surface area contributed by atoms with Gasteiger partial charge in [0, 0.05) is 25.6 Å². The van der Waals surface area contributed by atoms with Crippen molar-refractivity contribution in [3.8, 4) is 0 Å². The van der Waals surface area contributed by atoms with Gasteiger partial charge in [-0.2, -0.15) is 13.5 Å². The van der Waals surface area contributed by atoms with Gasteiger partial charge in [-0.15, -0.1) is 0 Å². The number of likely N-dealkylation sites (N-methyl/N-ethyl adjacent to an activating group) is 1. The van der Waals surface area contributed by atoms with Crippen molar-refractivity contribution in [3.63, 3.8) is 0 Å². The van der Waals surface area contributed by atoms with Crippen LogP contribution < -0.4 is 4.83 Å². The Morgan fingerprint density at radius 3 is 2.78 bits per heavy atom. The van der Waals surface area contributed by atoms with Crippen LogP contribution in [-0.2, 0) is 19.5 Å². The van der Waals surface area contributed by atoms with Gasteiger partial charge in [-0.05, 0) is 19.1 Å². The van der Waals surface area contributed by atoms with Gasteiger partial charge in [-0.25, -0.2) is 9.63 Å². The number of carbonyl (C=O) groups is 1. The molecule has 2 unspecified atom stereocenters. The lowest BCUT2D eigenvalue weighted by Gasteiger charge is -2.36. The van der Waals surface area contributed by atoms with E-state index in [9.17, 15) is 13.2 Å². The minimum absolute atomic E-state index is 0.158. The van der Waals surface area contributed by atoms with E-state index >= 15 is 0 Å². The zero-order chi connectivity index (χ0) is 19.7. The summed E-state index contributed by atoms with van der Waals surface area (Å²) in [5.74, 6) is 0. The van der Waals surface area contributed by atoms with Crippen molar-refractivity contribution in [1.82, 2.24) is 9.73 Å². The van der Waals surface area contributed by atoms with Crippen molar-refractivity contribution in [2.75, 3.05) is 20.7 Å². The highest BCUT2D eigenvalue weighted by Crippen LogP contribution is 2.35. The number of methoxy groups -OCH3 is 1. The average molecular weight is 393 g/mol. The summed E-state index contributed by atoms with van der Waals surface area (Å²) < 4.78 is 35.5. The monoisotopic (exact) mass is 393 g/mol. The topological polar surface area (TPSA) is 97.3 Å². The zero-order valence-corrected chi connectivity index (χ0v) is 16.3. The molecular formula is C18H23N3O5S. The largest absolute Gasteiger partial charge is 0.453 e. The first-order valence-corrected chi connectivity index (χ1v) is 10.0. The summed E-state index contributed by atoms with van der Waals surface area (Å²) in [6, 6.07) is 6.55. The molecule has 1 amide bonds. The van der Waals surface area contributed by atoms with E-state index in [0.29, 0.717) is 18.6 Å². The number of nitrogens with zero attached hydrogens (tertiary/aromatic N) is 2. The van der Waals surface area contributed by atoms with Crippen LogP contribution in [0.25, 0.3) is 0 Å². The molecule has 2 aliphatic rings. The van der Waals surface area contributed by atoms with Crippen molar-refractivity contribution in [2.24, 2.45) is 5.10 Å². The molecule has 3 rings (SSSR count). The van der Waals surface area contributed by atoms with Gasteiger partial charge in [0.15, 0.2) is 0 Å². The Labute approximate surface area is 158 Å². The number of fused-ring (bicyclic) bond motifs is 2. The number of amides is 1. The number of ether oxygens (including phenoxy) is 2. The summed E-state index contributed by atoms with van der Waals surface area (Å²) in [6.45, 7) is 2.18. The minimum Gasteiger partial charge on any atom is -0.453 e. The molecule has 9 heteroatoms. The summed E-state index contributed by atoms with van der Waals surface area (Å²) in [5, 5.41) is 4.14. The minimum atomic E-state index is -3.73. The lowest BCUT2D eigenvalue weighted by atomic mass is 9.94. The molecule has 0 aliphatic carbocycles. The third-order valence-corrected chi connectivity index (χ3v) is 5.81. The maximum absolute atomic E-state index is 12.4. The molecule has 27 heavy (non-hydrogen) atoms. The van der Waals surface area contributed by atoms with E-state index < -0.39 is 21.7 Å². The van der Waals surface area contributed by atoms with Crippen LogP contribution in [0.15, 0.2) is 46.4 Å². The Morgan fingerprint density at radius 2 is 2.11 bits per heavy atom. The summed E-state index contributed by atoms with van der Waals surface area (Å²) in [5.41, 5.74) is 0.925. The Morgan fingerprint density at radius 1 is 1.41 bits per heavy atom. The number of benzene rings is 1. The number of nitrogens with one attached hydrogen (secondary N) is 1. The zero-order valence-electron chi connectivity index (χ0n) is 15.5. The second-order valence-corrected chi connectivity index (χ2v) is 8.53. The van der Waals surface area contributed by atoms with Gasteiger partial charge in [0.25, 0.3) is 10.0 Å². The highest BCUT2D eigenvalue weighted by Gasteiger charge is 2.43. The van der Waals surface area contributed by atoms with E-state index in [0.717, 1.165) is 5.56 Å². The third kappa shape index (κ3) is 4.30. The van der Waals surface area contributed by atoms with Crippen LogP contribution in [0.3, 0.4) is 0 Å². The van der Waals surface area contributed by atoms with Gasteiger partial charge < -0.3 is 14.4 Å². The van der Waals surface area contributed by atoms with Crippen LogP contribution in [0.1, 0.15) is 18.4 Å². The predicted molar refractivity (Wildman–Crippen MR) is 99.9 cm³/mol. The highest BCUT2D eigenvalue weighted by molar-refractivity contribution is 7.89. The van der Waals surface area contributed by atoms with E-state index in [4.69, 9.17) is 9.47 Å². The molecule has 0 aromatic heterocycles. The van der Waals surface area contributed by atoms with Crippen LogP contribution in [0.2, 0.25) is 0 Å². The van der Waals surface area contributed by atoms with Gasteiger partial charge >= 0.3 is 6.09 Å². The summed E-state index contributed by atoms with van der Waals surface area (Å²) in [7, 11) is -0.795. The number of rotatable bonds is 5. The van der Waals surface area contributed by atoms with Crippen molar-refractivity contribution < 1.29 is 22.7 Å². The molecule has 1 fully saturated rings. The van der Waals surface area contributed by atoms with Crippen molar-refractivity contribution >= 4 is 21.8 Å². The van der Waals surface area contributed by atoms with Crippen LogP contribution in [-0.4, -0.2) is 57.5 Å². The fourth-order valence-electron chi connectivity index (χ4n) is 3.27. The quantitative estimate of drug-likeness (QED) is 0.608. The number of aryl methyl sites for hydroxylation is 1. The average Bonchev–Trinajstić information content (AvgIpc) is 2.93. The Kier molecular flexibility index (Phi) is 5.25. The molecule has 0 radical (unpaired) electrons. The van der Waals surface area contributed by atoms with Gasteiger partial charge in [0.05, 0.1) is 24.7 Å². The van der Waals surface area contributed by atoms with Gasteiger partial charge in [0.2, 0.25) is 0 Å². The van der Waals surface area contributed by atoms with E-state index in [-0.39, 0.29) is 17.5 Å². The molecule has 2 atom stereocenters. The molecule has 8 nitrogen and oxygen atoms in total. The Bertz CT molecular complexity index is 879. The first-order valence-electron chi connectivity index (χ1n) is 8.53. The molecule has 1 saturated heterocycles. The number of sulfonamides is 1. The molecule has 0 saturated carbocycles. The van der Waals surface area contributed by atoms with Gasteiger partial charge in [-0.3, -0.25) is 0 Å². The second kappa shape index (κ2) is 7.32. The number of carbonyl (C=O) groups excluding carboxylic acids is 1. The molecule has 2 heterocycles. The molecule has 1 aromatic carbocycles. The number of hydrazone groups is 1. The standard InChI is InChI=1S/C18H23N3O5S/c1-13-4-6-16(7-5-13)27(23,24)20-19-14-10-15-8-9-18(11-14,26-15)12-21(2)17(22)25-3/h4-9,15,20H,10-12H2,1-3H3/b19-14-. The van der Waals surface area contributed by atoms with E-state index in [1.807, 2.05) is 19.1 Å². The number of hydrogen-bond acceptors (Lipinski definition) is 6. The summed E-state index contributed by atoms with van der Waals surface area (Å²) >= 11 is 0. The van der Waals surface area contributed by atoms with Gasteiger partial charge in [-0.1, -0.05) is 29.8 Å². The molecule has 0 spiro atoms. The first-order chi connectivity index (χ1) is 12.7.